The van der Waals surface area contributed by atoms with Gasteiger partial charge in [0.2, 0.25) is 10.0 Å². The molecule has 0 bridgehead atoms. The fourth-order valence-electron chi connectivity index (χ4n) is 2.24. The molecule has 8 heteroatoms. The molecule has 2 heterocycles. The molecule has 3 rings (SSSR count). The number of carbonyl (C=O) groups is 1. The predicted octanol–water partition coefficient (Wildman–Crippen LogP) is 3.02. The average molecular weight is 362 g/mol. The number of sulfonamides is 1. The highest BCUT2D eigenvalue weighted by Crippen LogP contribution is 2.25. The van der Waals surface area contributed by atoms with Crippen molar-refractivity contribution in [3.63, 3.8) is 0 Å². The lowest BCUT2D eigenvalue weighted by Crippen LogP contribution is -2.12. The Morgan fingerprint density at radius 1 is 1.25 bits per heavy atom. The number of nitrogens with one attached hydrogen (secondary N) is 1. The number of benzene rings is 1. The van der Waals surface area contributed by atoms with E-state index in [1.807, 2.05) is 30.3 Å². The van der Waals surface area contributed by atoms with E-state index >= 15 is 0 Å². The lowest BCUT2D eigenvalue weighted by Gasteiger charge is -2.08. The maximum absolute atomic E-state index is 12.3. The molecule has 0 aliphatic heterocycles. The van der Waals surface area contributed by atoms with E-state index < -0.39 is 16.0 Å². The van der Waals surface area contributed by atoms with Gasteiger partial charge in [0.15, 0.2) is 0 Å². The van der Waals surface area contributed by atoms with Gasteiger partial charge in [-0.3, -0.25) is 9.71 Å². The van der Waals surface area contributed by atoms with Crippen LogP contribution in [-0.4, -0.2) is 25.6 Å². The summed E-state index contributed by atoms with van der Waals surface area (Å²) in [4.78, 5) is 16.8. The van der Waals surface area contributed by atoms with Crippen LogP contribution in [0.5, 0.6) is 0 Å². The Morgan fingerprint density at radius 3 is 2.83 bits per heavy atom. The summed E-state index contributed by atoms with van der Waals surface area (Å²) in [5, 5.41) is 2.59. The molecule has 1 N–H and O–H groups in total. The molecule has 0 amide bonds. The van der Waals surface area contributed by atoms with Crippen LogP contribution in [0.4, 0.5) is 5.69 Å². The number of ether oxygens (including phenoxy) is 1. The molecule has 0 unspecified atom stereocenters. The smallest absolute Gasteiger partial charge is 0.350 e. The molecule has 0 saturated carbocycles. The number of anilines is 1. The fraction of sp³-hybridized carbons (Fsp3) is 0.125. The van der Waals surface area contributed by atoms with Crippen LogP contribution in [0, 0.1) is 0 Å². The zero-order valence-corrected chi connectivity index (χ0v) is 14.4. The topological polar surface area (TPSA) is 85.4 Å². The molecule has 2 aromatic heterocycles. The van der Waals surface area contributed by atoms with Gasteiger partial charge in [-0.2, -0.15) is 0 Å². The Hall–Kier alpha value is -2.45. The second-order valence-electron chi connectivity index (χ2n) is 5.11. The largest absolute Gasteiger partial charge is 0.456 e. The van der Waals surface area contributed by atoms with Crippen LogP contribution in [0.15, 0.2) is 48.0 Å². The Bertz CT molecular complexity index is 991. The van der Waals surface area contributed by atoms with Gasteiger partial charge in [0.05, 0.1) is 17.5 Å². The van der Waals surface area contributed by atoms with Gasteiger partial charge < -0.3 is 4.74 Å². The minimum Gasteiger partial charge on any atom is -0.456 e. The molecule has 3 aromatic rings. The zero-order chi connectivity index (χ0) is 17.2. The highest BCUT2D eigenvalue weighted by Gasteiger charge is 2.17. The van der Waals surface area contributed by atoms with Crippen LogP contribution in [0.25, 0.3) is 10.9 Å². The first-order valence-electron chi connectivity index (χ1n) is 6.99. The van der Waals surface area contributed by atoms with Gasteiger partial charge in [0.1, 0.15) is 11.5 Å². The van der Waals surface area contributed by atoms with E-state index in [2.05, 4.69) is 9.71 Å². The van der Waals surface area contributed by atoms with Gasteiger partial charge in [-0.25, -0.2) is 13.2 Å². The minimum atomic E-state index is -3.46. The molecule has 1 aromatic carbocycles. The Morgan fingerprint density at radius 2 is 2.04 bits per heavy atom. The summed E-state index contributed by atoms with van der Waals surface area (Å²) >= 11 is 1.12. The number of thiophene rings is 1. The number of pyridine rings is 1. The monoisotopic (exact) mass is 362 g/mol. The molecular formula is C16H14N2O4S2. The molecule has 0 saturated heterocycles. The van der Waals surface area contributed by atoms with Gasteiger partial charge in [-0.1, -0.05) is 24.3 Å². The van der Waals surface area contributed by atoms with Crippen molar-refractivity contribution in [2.24, 2.45) is 0 Å². The van der Waals surface area contributed by atoms with Crippen molar-refractivity contribution >= 4 is 43.9 Å². The summed E-state index contributed by atoms with van der Waals surface area (Å²) in [7, 11) is -3.46. The first kappa shape index (κ1) is 16.4. The van der Waals surface area contributed by atoms with Crippen LogP contribution in [0.1, 0.15) is 15.2 Å². The van der Waals surface area contributed by atoms with Crippen LogP contribution < -0.4 is 4.72 Å². The average Bonchev–Trinajstić information content (AvgIpc) is 2.98. The molecule has 0 aliphatic rings. The summed E-state index contributed by atoms with van der Waals surface area (Å²) in [5.74, 6) is -0.580. The third kappa shape index (κ3) is 3.72. The molecular weight excluding hydrogens is 348 g/mol. The summed E-state index contributed by atoms with van der Waals surface area (Å²) in [6.07, 6.45) is 2.71. The molecule has 6 nitrogen and oxygen atoms in total. The van der Waals surface area contributed by atoms with E-state index in [-0.39, 0.29) is 17.2 Å². The first-order chi connectivity index (χ1) is 11.4. The molecule has 0 radical (unpaired) electrons. The quantitative estimate of drug-likeness (QED) is 0.705. The van der Waals surface area contributed by atoms with Crippen LogP contribution in [-0.2, 0) is 21.4 Å². The number of carbonyl (C=O) groups excluding carboxylic acids is 1. The number of nitrogens with zero attached hydrogens (tertiary/aromatic N) is 1. The van der Waals surface area contributed by atoms with Gasteiger partial charge in [-0.05, 0) is 17.5 Å². The van der Waals surface area contributed by atoms with Gasteiger partial charge in [0.25, 0.3) is 0 Å². The molecule has 0 fully saturated rings. The lowest BCUT2D eigenvalue weighted by molar-refractivity contribution is 0.0481. The van der Waals surface area contributed by atoms with E-state index in [0.29, 0.717) is 0 Å². The summed E-state index contributed by atoms with van der Waals surface area (Å²) in [6, 6.07) is 10.9. The molecule has 0 aliphatic carbocycles. The van der Waals surface area contributed by atoms with Gasteiger partial charge in [0, 0.05) is 17.1 Å². The Balaban J connectivity index is 1.78. The van der Waals surface area contributed by atoms with E-state index in [0.717, 1.165) is 34.1 Å². The third-order valence-corrected chi connectivity index (χ3v) is 4.71. The van der Waals surface area contributed by atoms with Gasteiger partial charge in [-0.15, -0.1) is 11.3 Å². The summed E-state index contributed by atoms with van der Waals surface area (Å²) in [6.45, 7) is 0.0589. The van der Waals surface area contributed by atoms with Crippen molar-refractivity contribution in [3.05, 3.63) is 58.4 Å². The number of para-hydroxylation sites is 1. The van der Waals surface area contributed by atoms with Crippen molar-refractivity contribution in [3.8, 4) is 0 Å². The zero-order valence-electron chi connectivity index (χ0n) is 12.7. The van der Waals surface area contributed by atoms with Gasteiger partial charge >= 0.3 is 5.97 Å². The van der Waals surface area contributed by atoms with Crippen molar-refractivity contribution in [1.82, 2.24) is 4.98 Å². The number of hydrogen-bond acceptors (Lipinski definition) is 6. The number of fused-ring (bicyclic) bond motifs is 1. The SMILES string of the molecule is CS(=O)(=O)Nc1ccsc1C(=O)OCc1cccc2cccnc12. The third-order valence-electron chi connectivity index (χ3n) is 3.22. The number of esters is 1. The second kappa shape index (κ2) is 6.58. The number of aromatic nitrogens is 1. The molecule has 124 valence electrons. The maximum Gasteiger partial charge on any atom is 0.350 e. The summed E-state index contributed by atoms with van der Waals surface area (Å²) in [5.41, 5.74) is 1.78. The normalized spacial score (nSPS) is 11.4. The van der Waals surface area contributed by atoms with E-state index in [4.69, 9.17) is 4.74 Å². The fourth-order valence-corrected chi connectivity index (χ4v) is 3.62. The van der Waals surface area contributed by atoms with Crippen LogP contribution in [0.2, 0.25) is 0 Å². The molecule has 0 spiro atoms. The first-order valence-corrected chi connectivity index (χ1v) is 9.76. The van der Waals surface area contributed by atoms with Crippen LogP contribution in [0.3, 0.4) is 0 Å². The van der Waals surface area contributed by atoms with E-state index in [1.165, 1.54) is 6.07 Å². The second-order valence-corrected chi connectivity index (χ2v) is 7.77. The van der Waals surface area contributed by atoms with Crippen molar-refractivity contribution < 1.29 is 17.9 Å². The summed E-state index contributed by atoms with van der Waals surface area (Å²) < 4.78 is 30.3. The van der Waals surface area contributed by atoms with E-state index in [9.17, 15) is 13.2 Å². The minimum absolute atomic E-state index is 0.0589. The predicted molar refractivity (Wildman–Crippen MR) is 93.6 cm³/mol. The Labute approximate surface area is 143 Å². The lowest BCUT2D eigenvalue weighted by atomic mass is 10.1. The number of rotatable bonds is 5. The van der Waals surface area contributed by atoms with Crippen molar-refractivity contribution in [2.45, 2.75) is 6.61 Å². The highest BCUT2D eigenvalue weighted by molar-refractivity contribution is 7.92. The standard InChI is InChI=1S/C16H14N2O4S2/c1-24(20,21)18-13-7-9-23-15(13)16(19)22-10-12-5-2-4-11-6-3-8-17-14(11)12/h2-9,18H,10H2,1H3. The van der Waals surface area contributed by atoms with Crippen LogP contribution >= 0.6 is 11.3 Å². The highest BCUT2D eigenvalue weighted by atomic mass is 32.2. The maximum atomic E-state index is 12.3. The van der Waals surface area contributed by atoms with Crippen molar-refractivity contribution in [1.29, 1.82) is 0 Å². The molecule has 0 atom stereocenters. The Kier molecular flexibility index (Phi) is 4.50. The number of hydrogen-bond donors (Lipinski definition) is 1. The van der Waals surface area contributed by atoms with Crippen molar-refractivity contribution in [2.75, 3.05) is 11.0 Å². The molecule has 24 heavy (non-hydrogen) atoms. The van der Waals surface area contributed by atoms with E-state index in [1.54, 1.807) is 11.6 Å².